The SMILES string of the molecule is CC(C)C(=O)N/C(NCc1ccccc1Cl)=C(/NN)C(N)=O. The zero-order chi connectivity index (χ0) is 16.7. The Labute approximate surface area is 134 Å². The monoisotopic (exact) mass is 325 g/mol. The van der Waals surface area contributed by atoms with Crippen molar-refractivity contribution in [2.45, 2.75) is 20.4 Å². The Hall–Kier alpha value is -2.25. The van der Waals surface area contributed by atoms with Crippen LogP contribution in [0, 0.1) is 5.92 Å². The van der Waals surface area contributed by atoms with E-state index in [0.717, 1.165) is 5.56 Å². The summed E-state index contributed by atoms with van der Waals surface area (Å²) in [5, 5.41) is 6.06. The van der Waals surface area contributed by atoms with Gasteiger partial charge in [-0.2, -0.15) is 0 Å². The van der Waals surface area contributed by atoms with Gasteiger partial charge < -0.3 is 21.8 Å². The van der Waals surface area contributed by atoms with Crippen LogP contribution in [-0.2, 0) is 16.1 Å². The normalized spacial score (nSPS) is 11.7. The lowest BCUT2D eigenvalue weighted by Crippen LogP contribution is -2.42. The van der Waals surface area contributed by atoms with Crippen LogP contribution in [0.4, 0.5) is 0 Å². The third-order valence-corrected chi connectivity index (χ3v) is 3.20. The molecule has 120 valence electrons. The maximum absolute atomic E-state index is 11.8. The fourth-order valence-electron chi connectivity index (χ4n) is 1.55. The Balaban J connectivity index is 2.98. The number of hydrogen-bond donors (Lipinski definition) is 5. The van der Waals surface area contributed by atoms with Crippen molar-refractivity contribution in [3.63, 3.8) is 0 Å². The molecule has 0 spiro atoms. The average molecular weight is 326 g/mol. The average Bonchev–Trinajstić information content (AvgIpc) is 2.46. The fourth-order valence-corrected chi connectivity index (χ4v) is 1.76. The number of hydrazine groups is 1. The van der Waals surface area contributed by atoms with Gasteiger partial charge in [-0.05, 0) is 11.6 Å². The van der Waals surface area contributed by atoms with E-state index in [1.807, 2.05) is 12.1 Å². The number of rotatable bonds is 7. The van der Waals surface area contributed by atoms with Gasteiger partial charge in [-0.15, -0.1) is 0 Å². The van der Waals surface area contributed by atoms with E-state index in [-0.39, 0.29) is 29.9 Å². The second-order valence-corrected chi connectivity index (χ2v) is 5.25. The van der Waals surface area contributed by atoms with Crippen LogP contribution < -0.4 is 27.6 Å². The first kappa shape index (κ1) is 17.8. The number of nitrogens with one attached hydrogen (secondary N) is 3. The first-order valence-electron chi connectivity index (χ1n) is 6.65. The van der Waals surface area contributed by atoms with E-state index in [4.69, 9.17) is 23.2 Å². The molecule has 0 bridgehead atoms. The molecule has 1 aromatic rings. The lowest BCUT2D eigenvalue weighted by Gasteiger charge is -2.17. The van der Waals surface area contributed by atoms with E-state index in [1.165, 1.54) is 0 Å². The van der Waals surface area contributed by atoms with Crippen molar-refractivity contribution in [2.24, 2.45) is 17.5 Å². The third kappa shape index (κ3) is 4.94. The van der Waals surface area contributed by atoms with E-state index in [2.05, 4.69) is 16.1 Å². The highest BCUT2D eigenvalue weighted by Gasteiger charge is 2.16. The largest absolute Gasteiger partial charge is 0.365 e. The Kier molecular flexibility index (Phi) is 6.68. The molecular formula is C14H20ClN5O2. The van der Waals surface area contributed by atoms with E-state index < -0.39 is 5.91 Å². The summed E-state index contributed by atoms with van der Waals surface area (Å²) in [6.45, 7) is 3.73. The molecule has 1 rings (SSSR count). The van der Waals surface area contributed by atoms with Crippen LogP contribution in [0.1, 0.15) is 19.4 Å². The fraction of sp³-hybridized carbons (Fsp3) is 0.286. The molecule has 0 fully saturated rings. The van der Waals surface area contributed by atoms with Crippen molar-refractivity contribution in [2.75, 3.05) is 0 Å². The maximum atomic E-state index is 11.8. The molecule has 7 N–H and O–H groups in total. The maximum Gasteiger partial charge on any atom is 0.269 e. The molecule has 0 unspecified atom stereocenters. The summed E-state index contributed by atoms with van der Waals surface area (Å²) in [5.74, 6) is 4.05. The van der Waals surface area contributed by atoms with Gasteiger partial charge >= 0.3 is 0 Å². The first-order chi connectivity index (χ1) is 10.4. The van der Waals surface area contributed by atoms with Crippen molar-refractivity contribution in [1.82, 2.24) is 16.1 Å². The Bertz CT molecular complexity index is 586. The summed E-state index contributed by atoms with van der Waals surface area (Å²) in [6, 6.07) is 7.19. The summed E-state index contributed by atoms with van der Waals surface area (Å²) in [4.78, 5) is 23.2. The first-order valence-corrected chi connectivity index (χ1v) is 7.03. The summed E-state index contributed by atoms with van der Waals surface area (Å²) < 4.78 is 0. The highest BCUT2D eigenvalue weighted by Crippen LogP contribution is 2.14. The van der Waals surface area contributed by atoms with Gasteiger partial charge in [-0.1, -0.05) is 43.6 Å². The second kappa shape index (κ2) is 8.26. The smallest absolute Gasteiger partial charge is 0.269 e. The van der Waals surface area contributed by atoms with Crippen molar-refractivity contribution >= 4 is 23.4 Å². The Morgan fingerprint density at radius 2 is 1.91 bits per heavy atom. The minimum Gasteiger partial charge on any atom is -0.365 e. The lowest BCUT2D eigenvalue weighted by molar-refractivity contribution is -0.123. The van der Waals surface area contributed by atoms with E-state index in [9.17, 15) is 9.59 Å². The van der Waals surface area contributed by atoms with E-state index in [0.29, 0.717) is 5.02 Å². The number of hydrogen-bond acceptors (Lipinski definition) is 5. The highest BCUT2D eigenvalue weighted by molar-refractivity contribution is 6.31. The number of primary amides is 1. The van der Waals surface area contributed by atoms with Crippen LogP contribution in [0.5, 0.6) is 0 Å². The standard InChI is InChI=1S/C14H20ClN5O2/c1-8(2)14(22)19-13(11(20-17)12(16)21)18-7-9-5-3-4-6-10(9)15/h3-6,8,18,20H,7,17H2,1-2H3,(H2,16,21)(H,19,22)/b13-11+. The van der Waals surface area contributed by atoms with Crippen LogP contribution in [0.2, 0.25) is 5.02 Å². The zero-order valence-electron chi connectivity index (χ0n) is 12.4. The van der Waals surface area contributed by atoms with Crippen LogP contribution in [0.3, 0.4) is 0 Å². The molecule has 7 nitrogen and oxygen atoms in total. The van der Waals surface area contributed by atoms with Gasteiger partial charge in [-0.3, -0.25) is 15.4 Å². The van der Waals surface area contributed by atoms with Crippen molar-refractivity contribution < 1.29 is 9.59 Å². The molecule has 2 amide bonds. The summed E-state index contributed by atoms with van der Waals surface area (Å²) in [7, 11) is 0. The molecule has 0 heterocycles. The molecule has 0 atom stereocenters. The predicted octanol–water partition coefficient (Wildman–Crippen LogP) is 0.320. The van der Waals surface area contributed by atoms with Gasteiger partial charge in [0.05, 0.1) is 0 Å². The van der Waals surface area contributed by atoms with Crippen LogP contribution in [0.15, 0.2) is 35.8 Å². The Morgan fingerprint density at radius 3 is 2.41 bits per heavy atom. The molecule has 0 aliphatic rings. The number of nitrogens with two attached hydrogens (primary N) is 2. The molecule has 22 heavy (non-hydrogen) atoms. The summed E-state index contributed by atoms with van der Waals surface area (Å²) in [6.07, 6.45) is 0. The minimum absolute atomic E-state index is 0.105. The molecule has 0 aliphatic heterocycles. The van der Waals surface area contributed by atoms with Gasteiger partial charge in [-0.25, -0.2) is 0 Å². The number of amides is 2. The molecule has 0 saturated carbocycles. The number of benzene rings is 1. The summed E-state index contributed by atoms with van der Waals surface area (Å²) in [5.41, 5.74) is 8.10. The summed E-state index contributed by atoms with van der Waals surface area (Å²) >= 11 is 6.06. The number of halogens is 1. The molecular weight excluding hydrogens is 306 g/mol. The quantitative estimate of drug-likeness (QED) is 0.281. The minimum atomic E-state index is -0.798. The lowest BCUT2D eigenvalue weighted by atomic mass is 10.2. The molecule has 0 saturated heterocycles. The topological polar surface area (TPSA) is 122 Å². The Morgan fingerprint density at radius 1 is 1.27 bits per heavy atom. The highest BCUT2D eigenvalue weighted by atomic mass is 35.5. The van der Waals surface area contributed by atoms with Crippen molar-refractivity contribution in [3.05, 3.63) is 46.4 Å². The van der Waals surface area contributed by atoms with Gasteiger partial charge in [0.1, 0.15) is 5.82 Å². The zero-order valence-corrected chi connectivity index (χ0v) is 13.2. The molecule has 0 radical (unpaired) electrons. The number of carbonyl (C=O) groups is 2. The van der Waals surface area contributed by atoms with Crippen LogP contribution >= 0.6 is 11.6 Å². The number of carbonyl (C=O) groups excluding carboxylic acids is 2. The van der Waals surface area contributed by atoms with Gasteiger partial charge in [0, 0.05) is 17.5 Å². The predicted molar refractivity (Wildman–Crippen MR) is 84.8 cm³/mol. The van der Waals surface area contributed by atoms with Crippen LogP contribution in [0.25, 0.3) is 0 Å². The second-order valence-electron chi connectivity index (χ2n) is 4.85. The molecule has 0 aromatic heterocycles. The van der Waals surface area contributed by atoms with E-state index >= 15 is 0 Å². The van der Waals surface area contributed by atoms with Gasteiger partial charge in [0.2, 0.25) is 5.91 Å². The third-order valence-electron chi connectivity index (χ3n) is 2.83. The van der Waals surface area contributed by atoms with E-state index in [1.54, 1.807) is 26.0 Å². The van der Waals surface area contributed by atoms with Gasteiger partial charge in [0.15, 0.2) is 5.70 Å². The van der Waals surface area contributed by atoms with Crippen molar-refractivity contribution in [3.8, 4) is 0 Å². The van der Waals surface area contributed by atoms with Crippen molar-refractivity contribution in [1.29, 1.82) is 0 Å². The molecule has 1 aromatic carbocycles. The molecule has 8 heteroatoms. The van der Waals surface area contributed by atoms with Crippen LogP contribution in [-0.4, -0.2) is 11.8 Å². The van der Waals surface area contributed by atoms with Gasteiger partial charge in [0.25, 0.3) is 5.91 Å². The molecule has 0 aliphatic carbocycles.